The lowest BCUT2D eigenvalue weighted by atomic mass is 9.55. The van der Waals surface area contributed by atoms with Crippen LogP contribution in [0.1, 0.15) is 53.9 Å². The molecule has 102 valence electrons. The van der Waals surface area contributed by atoms with Crippen molar-refractivity contribution in [3.63, 3.8) is 0 Å². The number of likely N-dealkylation sites (tertiary alicyclic amines) is 1. The van der Waals surface area contributed by atoms with Crippen molar-refractivity contribution in [3.8, 4) is 0 Å². The fraction of sp³-hybridized carbons (Fsp3) is 0.929. The number of rotatable bonds is 0. The number of piperidine rings is 2. The summed E-state index contributed by atoms with van der Waals surface area (Å²) >= 11 is 0. The summed E-state index contributed by atoms with van der Waals surface area (Å²) in [5.74, 6) is 0.447. The molecule has 2 saturated carbocycles. The van der Waals surface area contributed by atoms with Crippen molar-refractivity contribution in [1.82, 2.24) is 4.90 Å². The van der Waals surface area contributed by atoms with Crippen molar-refractivity contribution in [2.24, 2.45) is 11.7 Å². The van der Waals surface area contributed by atoms with E-state index in [2.05, 4.69) is 13.8 Å². The Morgan fingerprint density at radius 2 is 1.94 bits per heavy atom. The number of hydrogen-bond acceptors (Lipinski definition) is 3. The molecule has 1 unspecified atom stereocenters. The van der Waals surface area contributed by atoms with Crippen molar-refractivity contribution >= 4 is 6.09 Å². The van der Waals surface area contributed by atoms with Gasteiger partial charge in [0.2, 0.25) is 0 Å². The average Bonchev–Trinajstić information content (AvgIpc) is 2.40. The predicted octanol–water partition coefficient (Wildman–Crippen LogP) is 2.27. The van der Waals surface area contributed by atoms with E-state index in [-0.39, 0.29) is 22.7 Å². The summed E-state index contributed by atoms with van der Waals surface area (Å²) in [4.78, 5) is 14.5. The molecule has 2 aliphatic carbocycles. The third kappa shape index (κ3) is 1.27. The Morgan fingerprint density at radius 3 is 2.39 bits per heavy atom. The van der Waals surface area contributed by atoms with Gasteiger partial charge in [-0.15, -0.1) is 0 Å². The van der Waals surface area contributed by atoms with Crippen molar-refractivity contribution < 1.29 is 9.53 Å². The zero-order valence-corrected chi connectivity index (χ0v) is 12.0. The highest BCUT2D eigenvalue weighted by molar-refractivity contribution is 5.73. The summed E-state index contributed by atoms with van der Waals surface area (Å²) in [7, 11) is 0. The first-order valence-corrected chi connectivity index (χ1v) is 6.83. The van der Waals surface area contributed by atoms with Gasteiger partial charge in [-0.1, -0.05) is 0 Å². The van der Waals surface area contributed by atoms with E-state index in [1.165, 1.54) is 0 Å². The van der Waals surface area contributed by atoms with Gasteiger partial charge in [-0.05, 0) is 53.9 Å². The van der Waals surface area contributed by atoms with Crippen molar-refractivity contribution in [3.05, 3.63) is 0 Å². The first kappa shape index (κ1) is 12.3. The fourth-order valence-corrected chi connectivity index (χ4v) is 4.99. The lowest BCUT2D eigenvalue weighted by molar-refractivity contribution is -0.114. The molecule has 1 amide bonds. The van der Waals surface area contributed by atoms with Crippen LogP contribution in [0.5, 0.6) is 0 Å². The van der Waals surface area contributed by atoms with Crippen LogP contribution in [0.25, 0.3) is 0 Å². The van der Waals surface area contributed by atoms with Gasteiger partial charge in [0.15, 0.2) is 0 Å². The van der Waals surface area contributed by atoms with Crippen LogP contribution in [0.15, 0.2) is 0 Å². The lowest BCUT2D eigenvalue weighted by Crippen LogP contribution is -2.77. The third-order valence-corrected chi connectivity index (χ3v) is 5.11. The van der Waals surface area contributed by atoms with Gasteiger partial charge >= 0.3 is 6.09 Å². The molecule has 1 heterocycles. The van der Waals surface area contributed by atoms with Crippen LogP contribution in [-0.2, 0) is 4.74 Å². The van der Waals surface area contributed by atoms with Crippen molar-refractivity contribution in [1.29, 1.82) is 0 Å². The highest BCUT2D eigenvalue weighted by atomic mass is 16.6. The molecular weight excluding hydrogens is 228 g/mol. The zero-order chi connectivity index (χ0) is 13.6. The number of hydrogen-bond donors (Lipinski definition) is 1. The van der Waals surface area contributed by atoms with E-state index in [1.54, 1.807) is 0 Å². The molecule has 0 spiro atoms. The van der Waals surface area contributed by atoms with E-state index in [9.17, 15) is 4.79 Å². The summed E-state index contributed by atoms with van der Waals surface area (Å²) in [6.45, 7) is 10.1. The lowest BCUT2D eigenvalue weighted by Gasteiger charge is -2.64. The first-order valence-electron chi connectivity index (χ1n) is 6.83. The second kappa shape index (κ2) is 2.87. The number of ether oxygens (including phenoxy) is 1. The molecule has 0 aromatic rings. The summed E-state index contributed by atoms with van der Waals surface area (Å²) in [5.41, 5.74) is 5.77. The Kier molecular flexibility index (Phi) is 1.96. The summed E-state index contributed by atoms with van der Waals surface area (Å²) in [6.07, 6.45) is 2.69. The molecule has 0 radical (unpaired) electrons. The van der Waals surface area contributed by atoms with Gasteiger partial charge in [0, 0.05) is 17.0 Å². The molecule has 1 saturated heterocycles. The largest absolute Gasteiger partial charge is 0.444 e. The van der Waals surface area contributed by atoms with Crippen molar-refractivity contribution in [2.45, 2.75) is 76.1 Å². The van der Waals surface area contributed by atoms with Crippen LogP contribution in [0.2, 0.25) is 0 Å². The topological polar surface area (TPSA) is 55.6 Å². The van der Waals surface area contributed by atoms with Crippen LogP contribution in [0.3, 0.4) is 0 Å². The van der Waals surface area contributed by atoms with Crippen LogP contribution < -0.4 is 5.73 Å². The minimum absolute atomic E-state index is 0.0258. The SMILES string of the molecule is CC(C)(C)OC(=O)N1[C@]2(C)CC3[C@](N)(C2)C[C@]31C. The van der Waals surface area contributed by atoms with Crippen LogP contribution in [0.4, 0.5) is 4.79 Å². The van der Waals surface area contributed by atoms with Gasteiger partial charge in [-0.2, -0.15) is 0 Å². The summed E-state index contributed by atoms with van der Waals surface area (Å²) < 4.78 is 5.58. The molecule has 0 aromatic heterocycles. The van der Waals surface area contributed by atoms with E-state index in [0.717, 1.165) is 19.3 Å². The standard InChI is InChI=1S/C14H24N2O2/c1-11(2,3)18-10(17)16-12(4)6-9-13(16,5)8-14(9,15)7-12/h9H,6-8,15H2,1-5H3/t9?,12-,13-,14+/m1/s1. The molecule has 0 aromatic carbocycles. The Labute approximate surface area is 109 Å². The summed E-state index contributed by atoms with van der Waals surface area (Å²) in [5, 5.41) is 0. The molecule has 3 aliphatic rings. The fourth-order valence-electron chi connectivity index (χ4n) is 4.99. The minimum Gasteiger partial charge on any atom is -0.444 e. The normalized spacial score (nSPS) is 49.2. The quantitative estimate of drug-likeness (QED) is 0.719. The van der Waals surface area contributed by atoms with Crippen LogP contribution in [-0.4, -0.2) is 33.2 Å². The Balaban J connectivity index is 1.89. The molecule has 18 heavy (non-hydrogen) atoms. The third-order valence-electron chi connectivity index (χ3n) is 5.11. The molecular formula is C14H24N2O2. The van der Waals surface area contributed by atoms with E-state index in [4.69, 9.17) is 10.5 Å². The second-order valence-corrected chi connectivity index (χ2v) is 8.01. The number of carbonyl (C=O) groups excluding carboxylic acids is 1. The molecule has 4 nitrogen and oxygen atoms in total. The van der Waals surface area contributed by atoms with Gasteiger partial charge in [0.25, 0.3) is 0 Å². The minimum atomic E-state index is -0.435. The number of fused-ring (bicyclic) bond motifs is 1. The monoisotopic (exact) mass is 252 g/mol. The second-order valence-electron chi connectivity index (χ2n) is 8.01. The Morgan fingerprint density at radius 1 is 1.33 bits per heavy atom. The highest BCUT2D eigenvalue weighted by Crippen LogP contribution is 2.69. The van der Waals surface area contributed by atoms with Crippen LogP contribution >= 0.6 is 0 Å². The molecule has 4 heteroatoms. The maximum Gasteiger partial charge on any atom is 0.411 e. The molecule has 1 aliphatic heterocycles. The Bertz CT molecular complexity index is 426. The maximum absolute atomic E-state index is 12.5. The van der Waals surface area contributed by atoms with Crippen molar-refractivity contribution in [2.75, 3.05) is 0 Å². The van der Waals surface area contributed by atoms with Gasteiger partial charge in [0.1, 0.15) is 5.60 Å². The van der Waals surface area contributed by atoms with Gasteiger partial charge < -0.3 is 10.5 Å². The van der Waals surface area contributed by atoms with Gasteiger partial charge in [0.05, 0.1) is 5.54 Å². The number of nitrogens with two attached hydrogens (primary N) is 1. The first-order chi connectivity index (χ1) is 8.00. The predicted molar refractivity (Wildman–Crippen MR) is 69.1 cm³/mol. The highest BCUT2D eigenvalue weighted by Gasteiger charge is 2.78. The smallest absolute Gasteiger partial charge is 0.411 e. The molecule has 2 bridgehead atoms. The number of amides is 1. The maximum atomic E-state index is 12.5. The van der Waals surface area contributed by atoms with E-state index in [0.29, 0.717) is 5.92 Å². The van der Waals surface area contributed by atoms with Crippen LogP contribution in [0, 0.1) is 5.92 Å². The zero-order valence-electron chi connectivity index (χ0n) is 12.0. The number of carbonyl (C=O) groups is 1. The number of nitrogens with zero attached hydrogens (tertiary/aromatic N) is 1. The van der Waals surface area contributed by atoms with E-state index >= 15 is 0 Å². The van der Waals surface area contributed by atoms with Gasteiger partial charge in [-0.25, -0.2) is 4.79 Å². The van der Waals surface area contributed by atoms with E-state index in [1.807, 2.05) is 25.7 Å². The van der Waals surface area contributed by atoms with E-state index < -0.39 is 5.60 Å². The molecule has 3 rings (SSSR count). The molecule has 4 atom stereocenters. The van der Waals surface area contributed by atoms with Gasteiger partial charge in [-0.3, -0.25) is 4.90 Å². The average molecular weight is 252 g/mol. The summed E-state index contributed by atoms with van der Waals surface area (Å²) in [6, 6.07) is 0. The molecule has 2 N–H and O–H groups in total. The molecule has 3 fully saturated rings. The Hall–Kier alpha value is -0.770.